The highest BCUT2D eigenvalue weighted by atomic mass is 32.2. The lowest BCUT2D eigenvalue weighted by Crippen LogP contribution is -2.48. The Morgan fingerprint density at radius 1 is 1.12 bits per heavy atom. The minimum Gasteiger partial charge on any atom is -0.345 e. The number of benzene rings is 1. The van der Waals surface area contributed by atoms with E-state index in [2.05, 4.69) is 30.9 Å². The molecule has 1 aliphatic rings. The molecule has 0 N–H and O–H groups in total. The molecule has 0 amide bonds. The maximum absolute atomic E-state index is 12.6. The van der Waals surface area contributed by atoms with E-state index in [0.717, 1.165) is 10.6 Å². The van der Waals surface area contributed by atoms with Crippen LogP contribution in [-0.2, 0) is 10.0 Å². The zero-order valence-electron chi connectivity index (χ0n) is 14.1. The summed E-state index contributed by atoms with van der Waals surface area (Å²) in [4.78, 5) is 6.97. The van der Waals surface area contributed by atoms with Crippen molar-refractivity contribution in [1.29, 1.82) is 0 Å². The summed E-state index contributed by atoms with van der Waals surface area (Å²) in [6.07, 6.45) is 0. The predicted molar refractivity (Wildman–Crippen MR) is 104 cm³/mol. The lowest BCUT2D eigenvalue weighted by Gasteiger charge is -2.33. The van der Waals surface area contributed by atoms with E-state index in [9.17, 15) is 8.42 Å². The van der Waals surface area contributed by atoms with Gasteiger partial charge in [-0.3, -0.25) is 0 Å². The van der Waals surface area contributed by atoms with Crippen LogP contribution in [0.3, 0.4) is 0 Å². The van der Waals surface area contributed by atoms with Crippen molar-refractivity contribution in [3.8, 4) is 0 Å². The van der Waals surface area contributed by atoms with Gasteiger partial charge in [-0.2, -0.15) is 4.31 Å². The number of fused-ring (bicyclic) bond motifs is 1. The highest BCUT2D eigenvalue weighted by Crippen LogP contribution is 2.33. The van der Waals surface area contributed by atoms with Gasteiger partial charge in [0, 0.05) is 26.2 Å². The molecule has 5 nitrogen and oxygen atoms in total. The summed E-state index contributed by atoms with van der Waals surface area (Å²) < 4.78 is 28.5. The van der Waals surface area contributed by atoms with Crippen LogP contribution in [0.5, 0.6) is 0 Å². The number of piperazine rings is 1. The first-order chi connectivity index (χ1) is 11.9. The molecular weight excluding hydrogens is 374 g/mol. The van der Waals surface area contributed by atoms with Crippen LogP contribution in [0.4, 0.5) is 5.13 Å². The number of aromatic nitrogens is 1. The van der Waals surface area contributed by atoms with E-state index < -0.39 is 10.0 Å². The molecule has 1 fully saturated rings. The fourth-order valence-electron chi connectivity index (χ4n) is 3.16. The van der Waals surface area contributed by atoms with Gasteiger partial charge in [0.05, 0.1) is 10.2 Å². The summed E-state index contributed by atoms with van der Waals surface area (Å²) in [5.41, 5.74) is 3.50. The second-order valence-corrected chi connectivity index (χ2v) is 10.3. The van der Waals surface area contributed by atoms with Crippen LogP contribution in [0.15, 0.2) is 33.9 Å². The van der Waals surface area contributed by atoms with E-state index in [1.807, 2.05) is 0 Å². The molecule has 4 rings (SSSR count). The average Bonchev–Trinajstić information content (AvgIpc) is 3.25. The molecule has 132 valence electrons. The first-order valence-electron chi connectivity index (χ1n) is 8.11. The van der Waals surface area contributed by atoms with Crippen molar-refractivity contribution in [2.45, 2.75) is 18.1 Å². The maximum Gasteiger partial charge on any atom is 0.252 e. The summed E-state index contributed by atoms with van der Waals surface area (Å²) in [5, 5.41) is 2.78. The number of sulfonamides is 1. The smallest absolute Gasteiger partial charge is 0.252 e. The Morgan fingerprint density at radius 2 is 1.88 bits per heavy atom. The van der Waals surface area contributed by atoms with E-state index >= 15 is 0 Å². The molecule has 0 unspecified atom stereocenters. The SMILES string of the molecule is Cc1cc(C)c2sc(N3CCN(S(=O)(=O)c4cccs4)CC3)nc2c1. The Morgan fingerprint density at radius 3 is 2.56 bits per heavy atom. The summed E-state index contributed by atoms with van der Waals surface area (Å²) in [6, 6.07) is 7.74. The van der Waals surface area contributed by atoms with E-state index in [1.165, 1.54) is 27.2 Å². The van der Waals surface area contributed by atoms with E-state index in [-0.39, 0.29) is 0 Å². The normalized spacial score (nSPS) is 16.6. The topological polar surface area (TPSA) is 53.5 Å². The number of anilines is 1. The molecule has 25 heavy (non-hydrogen) atoms. The van der Waals surface area contributed by atoms with E-state index in [1.54, 1.807) is 33.2 Å². The zero-order valence-corrected chi connectivity index (χ0v) is 16.5. The number of hydrogen-bond donors (Lipinski definition) is 0. The van der Waals surface area contributed by atoms with Gasteiger partial charge < -0.3 is 4.90 Å². The van der Waals surface area contributed by atoms with Crippen molar-refractivity contribution >= 4 is 48.0 Å². The van der Waals surface area contributed by atoms with Crippen LogP contribution < -0.4 is 4.90 Å². The van der Waals surface area contributed by atoms with Crippen molar-refractivity contribution in [1.82, 2.24) is 9.29 Å². The van der Waals surface area contributed by atoms with Crippen LogP contribution >= 0.6 is 22.7 Å². The van der Waals surface area contributed by atoms with Crippen LogP contribution in [-0.4, -0.2) is 43.9 Å². The van der Waals surface area contributed by atoms with Gasteiger partial charge in [0.25, 0.3) is 10.0 Å². The van der Waals surface area contributed by atoms with Crippen molar-refractivity contribution in [3.63, 3.8) is 0 Å². The van der Waals surface area contributed by atoms with Gasteiger partial charge in [0.2, 0.25) is 0 Å². The lowest BCUT2D eigenvalue weighted by atomic mass is 10.1. The molecule has 0 bridgehead atoms. The minimum atomic E-state index is -3.35. The summed E-state index contributed by atoms with van der Waals surface area (Å²) in [6.45, 7) is 6.52. The second-order valence-electron chi connectivity index (χ2n) is 6.25. The Kier molecular flexibility index (Phi) is 4.31. The molecule has 0 saturated carbocycles. The summed E-state index contributed by atoms with van der Waals surface area (Å²) >= 11 is 2.97. The van der Waals surface area contributed by atoms with Crippen molar-refractivity contribution < 1.29 is 8.42 Å². The van der Waals surface area contributed by atoms with Gasteiger partial charge in [0.1, 0.15) is 4.21 Å². The van der Waals surface area contributed by atoms with E-state index in [4.69, 9.17) is 4.98 Å². The van der Waals surface area contributed by atoms with Gasteiger partial charge in [-0.15, -0.1) is 11.3 Å². The Balaban J connectivity index is 1.53. The molecule has 2 aromatic heterocycles. The Hall–Kier alpha value is -1.48. The molecule has 0 aliphatic carbocycles. The van der Waals surface area contributed by atoms with Gasteiger partial charge in [-0.1, -0.05) is 23.5 Å². The molecule has 0 atom stereocenters. The number of aryl methyl sites for hydroxylation is 2. The third-order valence-corrected chi connectivity index (χ3v) is 8.95. The van der Waals surface area contributed by atoms with Crippen LogP contribution in [0.1, 0.15) is 11.1 Å². The second kappa shape index (κ2) is 6.35. The fraction of sp³-hybridized carbons (Fsp3) is 0.353. The third-order valence-electron chi connectivity index (χ3n) is 4.41. The Labute approximate surface area is 155 Å². The number of nitrogens with zero attached hydrogens (tertiary/aromatic N) is 3. The Bertz CT molecular complexity index is 1000. The quantitative estimate of drug-likeness (QED) is 0.684. The largest absolute Gasteiger partial charge is 0.345 e. The van der Waals surface area contributed by atoms with Crippen molar-refractivity contribution in [2.24, 2.45) is 0 Å². The van der Waals surface area contributed by atoms with Crippen LogP contribution in [0.25, 0.3) is 10.2 Å². The summed E-state index contributed by atoms with van der Waals surface area (Å²) in [7, 11) is -3.35. The zero-order chi connectivity index (χ0) is 17.6. The van der Waals surface area contributed by atoms with E-state index in [0.29, 0.717) is 30.4 Å². The summed E-state index contributed by atoms with van der Waals surface area (Å²) in [5.74, 6) is 0. The van der Waals surface area contributed by atoms with Gasteiger partial charge in [-0.05, 0) is 42.5 Å². The molecule has 1 saturated heterocycles. The number of hydrogen-bond acceptors (Lipinski definition) is 6. The molecular formula is C17H19N3O2S3. The molecule has 8 heteroatoms. The lowest BCUT2D eigenvalue weighted by molar-refractivity contribution is 0.386. The van der Waals surface area contributed by atoms with Gasteiger partial charge in [0.15, 0.2) is 5.13 Å². The highest BCUT2D eigenvalue weighted by Gasteiger charge is 2.30. The van der Waals surface area contributed by atoms with Gasteiger partial charge >= 0.3 is 0 Å². The minimum absolute atomic E-state index is 0.423. The first kappa shape index (κ1) is 17.0. The third kappa shape index (κ3) is 3.08. The molecule has 3 aromatic rings. The van der Waals surface area contributed by atoms with Crippen molar-refractivity contribution in [2.75, 3.05) is 31.1 Å². The van der Waals surface area contributed by atoms with Gasteiger partial charge in [-0.25, -0.2) is 13.4 Å². The maximum atomic E-state index is 12.6. The standard InChI is InChI=1S/C17H19N3O2S3/c1-12-10-13(2)16-14(11-12)18-17(24-16)19-5-7-20(8-6-19)25(21,22)15-4-3-9-23-15/h3-4,9-11H,5-8H2,1-2H3. The molecule has 0 radical (unpaired) electrons. The van der Waals surface area contributed by atoms with Crippen LogP contribution in [0, 0.1) is 13.8 Å². The molecule has 0 spiro atoms. The number of rotatable bonds is 3. The molecule has 1 aliphatic heterocycles. The molecule has 3 heterocycles. The monoisotopic (exact) mass is 393 g/mol. The fourth-order valence-corrected chi connectivity index (χ4v) is 6.79. The predicted octanol–water partition coefficient (Wildman–Crippen LogP) is 3.49. The number of thiophene rings is 1. The average molecular weight is 394 g/mol. The van der Waals surface area contributed by atoms with Crippen LogP contribution in [0.2, 0.25) is 0 Å². The first-order valence-corrected chi connectivity index (χ1v) is 11.3. The van der Waals surface area contributed by atoms with Crippen molar-refractivity contribution in [3.05, 3.63) is 40.8 Å². The molecule has 1 aromatic carbocycles. The number of thiazole rings is 1. The highest BCUT2D eigenvalue weighted by molar-refractivity contribution is 7.91.